The number of aromatic nitrogens is 3. The Morgan fingerprint density at radius 2 is 1.89 bits per heavy atom. The first-order valence-corrected chi connectivity index (χ1v) is 9.29. The van der Waals surface area contributed by atoms with Gasteiger partial charge in [0.1, 0.15) is 5.69 Å². The van der Waals surface area contributed by atoms with Gasteiger partial charge < -0.3 is 10.2 Å². The zero-order valence-electron chi connectivity index (χ0n) is 15.4. The number of nitrogens with one attached hydrogen (secondary N) is 1. The van der Waals surface area contributed by atoms with E-state index in [1.54, 1.807) is 15.8 Å². The Labute approximate surface area is 163 Å². The van der Waals surface area contributed by atoms with Crippen LogP contribution in [0.1, 0.15) is 6.42 Å². The van der Waals surface area contributed by atoms with Gasteiger partial charge in [0.05, 0.1) is 18.2 Å². The highest BCUT2D eigenvalue weighted by molar-refractivity contribution is 6.00. The van der Waals surface area contributed by atoms with Crippen molar-refractivity contribution in [3.8, 4) is 11.4 Å². The van der Waals surface area contributed by atoms with Gasteiger partial charge >= 0.3 is 0 Å². The summed E-state index contributed by atoms with van der Waals surface area (Å²) >= 11 is 0. The van der Waals surface area contributed by atoms with Gasteiger partial charge in [0.2, 0.25) is 11.8 Å². The molecule has 1 aliphatic heterocycles. The summed E-state index contributed by atoms with van der Waals surface area (Å²) in [6.45, 7) is 1.43. The van der Waals surface area contributed by atoms with Gasteiger partial charge in [-0.15, -0.1) is 0 Å². The molecule has 7 heteroatoms. The number of hydrogen-bond donors (Lipinski definition) is 1. The molecule has 3 aromatic rings. The lowest BCUT2D eigenvalue weighted by Crippen LogP contribution is -2.34. The third-order valence-corrected chi connectivity index (χ3v) is 4.77. The average Bonchev–Trinajstić information content (AvgIpc) is 3.36. The molecule has 2 amide bonds. The molecule has 0 bridgehead atoms. The van der Waals surface area contributed by atoms with Gasteiger partial charge in [-0.3, -0.25) is 19.3 Å². The van der Waals surface area contributed by atoms with Crippen LogP contribution in [0.5, 0.6) is 0 Å². The number of hydrogen-bond acceptors (Lipinski definition) is 4. The molecule has 1 saturated heterocycles. The van der Waals surface area contributed by atoms with Crippen LogP contribution in [0.15, 0.2) is 67.0 Å². The van der Waals surface area contributed by atoms with Crippen molar-refractivity contribution in [2.24, 2.45) is 5.92 Å². The number of rotatable bonds is 6. The molecule has 1 atom stereocenters. The molecule has 0 radical (unpaired) electrons. The number of benzene rings is 1. The summed E-state index contributed by atoms with van der Waals surface area (Å²) in [6.07, 6.45) is 3.84. The summed E-state index contributed by atoms with van der Waals surface area (Å²) < 4.78 is 1.78. The van der Waals surface area contributed by atoms with E-state index < -0.39 is 0 Å². The third kappa shape index (κ3) is 3.93. The lowest BCUT2D eigenvalue weighted by molar-refractivity contribution is -0.126. The third-order valence-electron chi connectivity index (χ3n) is 4.77. The highest BCUT2D eigenvalue weighted by Gasteiger charge is 2.34. The highest BCUT2D eigenvalue weighted by atomic mass is 16.2. The van der Waals surface area contributed by atoms with Gasteiger partial charge in [-0.2, -0.15) is 5.10 Å². The van der Waals surface area contributed by atoms with Crippen LogP contribution >= 0.6 is 0 Å². The number of pyridine rings is 1. The molecule has 4 rings (SSSR count). The zero-order valence-corrected chi connectivity index (χ0v) is 15.4. The topological polar surface area (TPSA) is 80.1 Å². The minimum absolute atomic E-state index is 0.0153. The van der Waals surface area contributed by atoms with Crippen LogP contribution in [0.2, 0.25) is 0 Å². The second-order valence-electron chi connectivity index (χ2n) is 6.71. The largest absolute Gasteiger partial charge is 0.354 e. The Morgan fingerprint density at radius 1 is 1.07 bits per heavy atom. The molecule has 2 aromatic heterocycles. The molecule has 1 fully saturated rings. The first-order valence-electron chi connectivity index (χ1n) is 9.29. The highest BCUT2D eigenvalue weighted by Crippen LogP contribution is 2.24. The number of para-hydroxylation sites is 1. The van der Waals surface area contributed by atoms with E-state index in [1.807, 2.05) is 60.8 Å². The van der Waals surface area contributed by atoms with Crippen molar-refractivity contribution in [2.75, 3.05) is 18.0 Å². The molecular formula is C21H21N5O2. The zero-order chi connectivity index (χ0) is 19.3. The number of amides is 2. The second-order valence-corrected chi connectivity index (χ2v) is 6.71. The molecule has 3 heterocycles. The van der Waals surface area contributed by atoms with Crippen LogP contribution in [0.25, 0.3) is 11.4 Å². The Bertz CT molecular complexity index is 955. The van der Waals surface area contributed by atoms with E-state index >= 15 is 0 Å². The van der Waals surface area contributed by atoms with Crippen molar-refractivity contribution in [3.05, 3.63) is 67.0 Å². The number of anilines is 1. The molecule has 1 N–H and O–H groups in total. The maximum atomic E-state index is 12.5. The summed E-state index contributed by atoms with van der Waals surface area (Å²) in [6, 6.07) is 17.0. The van der Waals surface area contributed by atoms with Gasteiger partial charge in [-0.05, 0) is 30.3 Å². The fourth-order valence-electron chi connectivity index (χ4n) is 3.32. The van der Waals surface area contributed by atoms with Crippen LogP contribution in [0.3, 0.4) is 0 Å². The molecule has 7 nitrogen and oxygen atoms in total. The molecule has 1 aliphatic rings. The quantitative estimate of drug-likeness (QED) is 0.716. The van der Waals surface area contributed by atoms with Crippen molar-refractivity contribution in [1.82, 2.24) is 20.1 Å². The van der Waals surface area contributed by atoms with Crippen LogP contribution in [-0.4, -0.2) is 39.7 Å². The number of carbonyl (C=O) groups excluding carboxylic acids is 2. The van der Waals surface area contributed by atoms with Gasteiger partial charge in [0.25, 0.3) is 0 Å². The minimum Gasteiger partial charge on any atom is -0.354 e. The van der Waals surface area contributed by atoms with E-state index in [-0.39, 0.29) is 24.2 Å². The molecule has 0 saturated carbocycles. The van der Waals surface area contributed by atoms with Crippen molar-refractivity contribution < 1.29 is 9.59 Å². The van der Waals surface area contributed by atoms with Crippen molar-refractivity contribution in [1.29, 1.82) is 0 Å². The van der Waals surface area contributed by atoms with Gasteiger partial charge in [-0.1, -0.05) is 24.3 Å². The lowest BCUT2D eigenvalue weighted by Gasteiger charge is -2.16. The standard InChI is InChI=1S/C21H21N5O2/c27-20-14-16(15-26(20)17-6-2-1-3-7-17)21(28)23-11-13-25-12-9-19(24-25)18-8-4-5-10-22-18/h1-10,12,16H,11,13-15H2,(H,23,28). The number of nitrogens with zero attached hydrogens (tertiary/aromatic N) is 4. The van der Waals surface area contributed by atoms with E-state index in [0.29, 0.717) is 19.6 Å². The molecule has 142 valence electrons. The predicted octanol–water partition coefficient (Wildman–Crippen LogP) is 2.11. The first-order chi connectivity index (χ1) is 13.7. The lowest BCUT2D eigenvalue weighted by atomic mass is 10.1. The van der Waals surface area contributed by atoms with Crippen LogP contribution in [0.4, 0.5) is 5.69 Å². The van der Waals surface area contributed by atoms with Gasteiger partial charge in [-0.25, -0.2) is 0 Å². The Kier molecular flexibility index (Phi) is 5.14. The van der Waals surface area contributed by atoms with Gasteiger partial charge in [0, 0.05) is 37.6 Å². The molecule has 0 aliphatic carbocycles. The van der Waals surface area contributed by atoms with Crippen LogP contribution < -0.4 is 10.2 Å². The molecular weight excluding hydrogens is 354 g/mol. The summed E-state index contributed by atoms with van der Waals surface area (Å²) in [4.78, 5) is 30.7. The smallest absolute Gasteiger partial charge is 0.227 e. The van der Waals surface area contributed by atoms with E-state index in [0.717, 1.165) is 17.1 Å². The van der Waals surface area contributed by atoms with Crippen molar-refractivity contribution >= 4 is 17.5 Å². The number of carbonyl (C=O) groups is 2. The first kappa shape index (κ1) is 17.9. The normalized spacial score (nSPS) is 16.4. The summed E-state index contributed by atoms with van der Waals surface area (Å²) in [5.74, 6) is -0.434. The van der Waals surface area contributed by atoms with Crippen molar-refractivity contribution in [2.45, 2.75) is 13.0 Å². The second kappa shape index (κ2) is 8.04. The Morgan fingerprint density at radius 3 is 2.68 bits per heavy atom. The van der Waals surface area contributed by atoms with Crippen LogP contribution in [-0.2, 0) is 16.1 Å². The molecule has 1 unspecified atom stereocenters. The van der Waals surface area contributed by atoms with Crippen molar-refractivity contribution in [3.63, 3.8) is 0 Å². The van der Waals surface area contributed by atoms with E-state index in [4.69, 9.17) is 0 Å². The van der Waals surface area contributed by atoms with E-state index in [9.17, 15) is 9.59 Å². The molecule has 28 heavy (non-hydrogen) atoms. The summed E-state index contributed by atoms with van der Waals surface area (Å²) in [7, 11) is 0. The maximum Gasteiger partial charge on any atom is 0.227 e. The maximum absolute atomic E-state index is 12.5. The predicted molar refractivity (Wildman–Crippen MR) is 105 cm³/mol. The van der Waals surface area contributed by atoms with Gasteiger partial charge in [0.15, 0.2) is 0 Å². The monoisotopic (exact) mass is 375 g/mol. The SMILES string of the molecule is O=C(NCCn1ccc(-c2ccccn2)n1)C1CC(=O)N(c2ccccc2)C1. The Hall–Kier alpha value is -3.48. The molecule has 0 spiro atoms. The summed E-state index contributed by atoms with van der Waals surface area (Å²) in [5.41, 5.74) is 2.45. The summed E-state index contributed by atoms with van der Waals surface area (Å²) in [5, 5.41) is 7.40. The average molecular weight is 375 g/mol. The van der Waals surface area contributed by atoms with E-state index in [1.165, 1.54) is 0 Å². The fraction of sp³-hybridized carbons (Fsp3) is 0.238. The Balaban J connectivity index is 1.28. The molecule has 1 aromatic carbocycles. The van der Waals surface area contributed by atoms with E-state index in [2.05, 4.69) is 15.4 Å². The van der Waals surface area contributed by atoms with Crippen LogP contribution in [0, 0.1) is 5.92 Å². The minimum atomic E-state index is -0.325. The fourth-order valence-corrected chi connectivity index (χ4v) is 3.32.